The molecule has 1 aliphatic rings. The Morgan fingerprint density at radius 2 is 2.22 bits per heavy atom. The van der Waals surface area contributed by atoms with E-state index in [0.717, 1.165) is 6.42 Å². The highest BCUT2D eigenvalue weighted by Crippen LogP contribution is 2.29. The molecule has 1 fully saturated rings. The summed E-state index contributed by atoms with van der Waals surface area (Å²) in [6.07, 6.45) is 0.906. The first-order valence-electron chi connectivity index (χ1n) is 5.90. The summed E-state index contributed by atoms with van der Waals surface area (Å²) in [6.45, 7) is 2.68. The maximum atomic E-state index is 12.4. The number of aliphatic hydroxyl groups is 1. The number of hydrogen-bond donors (Lipinski definition) is 1. The topological polar surface area (TPSA) is 45.5 Å². The maximum absolute atomic E-state index is 12.4. The van der Waals surface area contributed by atoms with Crippen LogP contribution in [0.4, 0.5) is 0 Å². The minimum Gasteiger partial charge on any atom is -0.394 e. The van der Waals surface area contributed by atoms with Gasteiger partial charge in [-0.25, -0.2) is 0 Å². The second-order valence-corrected chi connectivity index (χ2v) is 5.51. The van der Waals surface area contributed by atoms with Crippen molar-refractivity contribution in [1.82, 2.24) is 9.47 Å². The normalized spacial score (nSPS) is 23.7. The van der Waals surface area contributed by atoms with Gasteiger partial charge in [0.15, 0.2) is 0 Å². The van der Waals surface area contributed by atoms with Gasteiger partial charge in [0, 0.05) is 13.6 Å². The number of aliphatic hydroxyl groups excluding tert-OH is 1. The SMILES string of the molecule is CC1CCN(C(=O)c2cc(Cl)c(Cl)n2C)C1CO. The van der Waals surface area contributed by atoms with Crippen LogP contribution in [0.25, 0.3) is 0 Å². The lowest BCUT2D eigenvalue weighted by molar-refractivity contribution is 0.0639. The van der Waals surface area contributed by atoms with Crippen LogP contribution in [-0.4, -0.2) is 39.7 Å². The molecule has 0 aliphatic carbocycles. The van der Waals surface area contributed by atoms with E-state index in [1.54, 1.807) is 22.6 Å². The molecule has 0 radical (unpaired) electrons. The van der Waals surface area contributed by atoms with Crippen molar-refractivity contribution in [1.29, 1.82) is 0 Å². The summed E-state index contributed by atoms with van der Waals surface area (Å²) in [6, 6.07) is 1.45. The van der Waals surface area contributed by atoms with Crippen molar-refractivity contribution in [3.05, 3.63) is 21.9 Å². The first-order chi connectivity index (χ1) is 8.47. The van der Waals surface area contributed by atoms with Crippen LogP contribution in [-0.2, 0) is 7.05 Å². The number of halogens is 2. The highest BCUT2D eigenvalue weighted by molar-refractivity contribution is 6.41. The average Bonchev–Trinajstić information content (AvgIpc) is 2.84. The van der Waals surface area contributed by atoms with Crippen LogP contribution in [0.5, 0.6) is 0 Å². The van der Waals surface area contributed by atoms with E-state index in [-0.39, 0.29) is 18.6 Å². The number of rotatable bonds is 2. The predicted molar refractivity (Wildman–Crippen MR) is 71.1 cm³/mol. The third-order valence-corrected chi connectivity index (χ3v) is 4.51. The number of carbonyl (C=O) groups is 1. The van der Waals surface area contributed by atoms with Crippen LogP contribution >= 0.6 is 23.2 Å². The molecule has 0 aromatic carbocycles. The number of likely N-dealkylation sites (tertiary alicyclic amines) is 1. The quantitative estimate of drug-likeness (QED) is 0.907. The van der Waals surface area contributed by atoms with Gasteiger partial charge in [0.05, 0.1) is 17.7 Å². The van der Waals surface area contributed by atoms with Gasteiger partial charge in [0.25, 0.3) is 5.91 Å². The minimum absolute atomic E-state index is 0.0151. The first-order valence-corrected chi connectivity index (χ1v) is 6.65. The second-order valence-electron chi connectivity index (χ2n) is 4.74. The zero-order valence-corrected chi connectivity index (χ0v) is 11.9. The van der Waals surface area contributed by atoms with E-state index in [2.05, 4.69) is 0 Å². The standard InChI is InChI=1S/C12H16Cl2N2O2/c1-7-3-4-16(10(7)6-17)12(18)9-5-8(13)11(14)15(9)2/h5,7,10,17H,3-4,6H2,1-2H3. The molecular weight excluding hydrogens is 275 g/mol. The number of amides is 1. The lowest BCUT2D eigenvalue weighted by Crippen LogP contribution is -2.40. The van der Waals surface area contributed by atoms with Crippen molar-refractivity contribution >= 4 is 29.1 Å². The molecule has 2 heterocycles. The Bertz CT molecular complexity index is 473. The summed E-state index contributed by atoms with van der Waals surface area (Å²) in [4.78, 5) is 14.1. The van der Waals surface area contributed by atoms with Crippen molar-refractivity contribution in [2.45, 2.75) is 19.4 Å². The Hall–Kier alpha value is -0.710. The van der Waals surface area contributed by atoms with E-state index in [4.69, 9.17) is 23.2 Å². The molecule has 2 unspecified atom stereocenters. The average molecular weight is 291 g/mol. The molecule has 1 N–H and O–H groups in total. The van der Waals surface area contributed by atoms with Gasteiger partial charge in [-0.15, -0.1) is 0 Å². The summed E-state index contributed by atoms with van der Waals surface area (Å²) >= 11 is 11.9. The van der Waals surface area contributed by atoms with Gasteiger partial charge in [-0.1, -0.05) is 30.1 Å². The maximum Gasteiger partial charge on any atom is 0.270 e. The highest BCUT2D eigenvalue weighted by Gasteiger charge is 2.35. The molecule has 0 spiro atoms. The summed E-state index contributed by atoms with van der Waals surface area (Å²) in [5.41, 5.74) is 0.456. The van der Waals surface area contributed by atoms with Crippen molar-refractivity contribution < 1.29 is 9.90 Å². The van der Waals surface area contributed by atoms with E-state index in [9.17, 15) is 9.90 Å². The molecule has 1 amide bonds. The Labute approximate surface area is 116 Å². The third kappa shape index (κ3) is 2.13. The van der Waals surface area contributed by atoms with Crippen LogP contribution in [0.3, 0.4) is 0 Å². The summed E-state index contributed by atoms with van der Waals surface area (Å²) in [5.74, 6) is 0.180. The molecule has 100 valence electrons. The fraction of sp³-hybridized carbons (Fsp3) is 0.583. The number of nitrogens with zero attached hydrogens (tertiary/aromatic N) is 2. The van der Waals surface area contributed by atoms with Crippen LogP contribution in [0.2, 0.25) is 10.2 Å². The number of aromatic nitrogens is 1. The van der Waals surface area contributed by atoms with Crippen molar-refractivity contribution in [2.24, 2.45) is 13.0 Å². The predicted octanol–water partition coefficient (Wildman–Crippen LogP) is 2.17. The van der Waals surface area contributed by atoms with E-state index < -0.39 is 0 Å². The van der Waals surface area contributed by atoms with E-state index in [1.807, 2.05) is 6.92 Å². The van der Waals surface area contributed by atoms with Crippen LogP contribution in [0.1, 0.15) is 23.8 Å². The summed E-state index contributed by atoms with van der Waals surface area (Å²) in [5, 5.41) is 10.1. The van der Waals surface area contributed by atoms with Gasteiger partial charge in [-0.3, -0.25) is 4.79 Å². The molecule has 0 saturated carbocycles. The van der Waals surface area contributed by atoms with Crippen LogP contribution in [0.15, 0.2) is 6.07 Å². The van der Waals surface area contributed by atoms with Crippen molar-refractivity contribution in [2.75, 3.05) is 13.2 Å². The van der Waals surface area contributed by atoms with E-state index >= 15 is 0 Å². The van der Waals surface area contributed by atoms with Gasteiger partial charge < -0.3 is 14.6 Å². The highest BCUT2D eigenvalue weighted by atomic mass is 35.5. The van der Waals surface area contributed by atoms with Gasteiger partial charge in [0.2, 0.25) is 0 Å². The van der Waals surface area contributed by atoms with Crippen LogP contribution in [0, 0.1) is 5.92 Å². The zero-order valence-electron chi connectivity index (χ0n) is 10.4. The molecule has 1 aromatic heterocycles. The molecule has 2 atom stereocenters. The Morgan fingerprint density at radius 3 is 2.72 bits per heavy atom. The Balaban J connectivity index is 2.29. The molecule has 18 heavy (non-hydrogen) atoms. The van der Waals surface area contributed by atoms with Crippen molar-refractivity contribution in [3.8, 4) is 0 Å². The van der Waals surface area contributed by atoms with Gasteiger partial charge >= 0.3 is 0 Å². The van der Waals surface area contributed by atoms with Crippen molar-refractivity contribution in [3.63, 3.8) is 0 Å². The zero-order chi connectivity index (χ0) is 13.4. The second kappa shape index (κ2) is 5.11. The Kier molecular flexibility index (Phi) is 3.90. The number of hydrogen-bond acceptors (Lipinski definition) is 2. The molecule has 1 aromatic rings. The largest absolute Gasteiger partial charge is 0.394 e. The van der Waals surface area contributed by atoms with Gasteiger partial charge in [0.1, 0.15) is 10.8 Å². The lowest BCUT2D eigenvalue weighted by atomic mass is 10.0. The molecule has 1 aliphatic heterocycles. The molecule has 1 saturated heterocycles. The lowest BCUT2D eigenvalue weighted by Gasteiger charge is -2.25. The van der Waals surface area contributed by atoms with E-state index in [1.165, 1.54) is 0 Å². The van der Waals surface area contributed by atoms with Gasteiger partial charge in [-0.2, -0.15) is 0 Å². The molecule has 2 rings (SSSR count). The molecule has 4 nitrogen and oxygen atoms in total. The summed E-state index contributed by atoms with van der Waals surface area (Å²) < 4.78 is 1.57. The monoisotopic (exact) mass is 290 g/mol. The summed E-state index contributed by atoms with van der Waals surface area (Å²) in [7, 11) is 1.70. The molecular formula is C12H16Cl2N2O2. The van der Waals surface area contributed by atoms with Gasteiger partial charge in [-0.05, 0) is 18.4 Å². The minimum atomic E-state index is -0.130. The Morgan fingerprint density at radius 1 is 1.56 bits per heavy atom. The van der Waals surface area contributed by atoms with Crippen LogP contribution < -0.4 is 0 Å². The number of carbonyl (C=O) groups excluding carboxylic acids is 1. The third-order valence-electron chi connectivity index (χ3n) is 3.67. The fourth-order valence-corrected chi connectivity index (χ4v) is 2.81. The van der Waals surface area contributed by atoms with E-state index in [0.29, 0.717) is 28.3 Å². The molecule has 6 heteroatoms. The first kappa shape index (κ1) is 13.7. The smallest absolute Gasteiger partial charge is 0.270 e. The fourth-order valence-electron chi connectivity index (χ4n) is 2.43. The molecule has 0 bridgehead atoms.